The van der Waals surface area contributed by atoms with Gasteiger partial charge in [0.25, 0.3) is 10.0 Å². The normalized spacial score (nSPS) is 15.4. The van der Waals surface area contributed by atoms with Gasteiger partial charge in [0.15, 0.2) is 4.21 Å². The molecule has 0 atom stereocenters. The molecule has 1 aromatic heterocycles. The Morgan fingerprint density at radius 2 is 1.79 bits per heavy atom. The Labute approximate surface area is 176 Å². The zero-order valence-corrected chi connectivity index (χ0v) is 18.6. The monoisotopic (exact) mass is 437 g/mol. The van der Waals surface area contributed by atoms with Crippen molar-refractivity contribution in [3.63, 3.8) is 0 Å². The van der Waals surface area contributed by atoms with Crippen LogP contribution in [0.2, 0.25) is 0 Å². The second-order valence-corrected chi connectivity index (χ2v) is 10.4. The quantitative estimate of drug-likeness (QED) is 0.720. The number of hydrogen-bond donors (Lipinski definition) is 1. The molecule has 1 aromatic carbocycles. The van der Waals surface area contributed by atoms with E-state index in [1.807, 2.05) is 18.2 Å². The van der Waals surface area contributed by atoms with E-state index < -0.39 is 15.6 Å². The highest BCUT2D eigenvalue weighted by Crippen LogP contribution is 2.30. The molecule has 7 nitrogen and oxygen atoms in total. The number of carbonyl (C=O) groups is 1. The summed E-state index contributed by atoms with van der Waals surface area (Å²) in [6, 6.07) is 11.7. The lowest BCUT2D eigenvalue weighted by molar-refractivity contribution is -0.132. The van der Waals surface area contributed by atoms with Crippen LogP contribution in [0.15, 0.2) is 46.0 Å². The van der Waals surface area contributed by atoms with Gasteiger partial charge in [-0.1, -0.05) is 18.2 Å². The molecule has 0 bridgehead atoms. The second kappa shape index (κ2) is 8.73. The summed E-state index contributed by atoms with van der Waals surface area (Å²) in [4.78, 5) is 16.9. The number of hydrogen-bond acceptors (Lipinski definition) is 6. The molecule has 0 spiro atoms. The molecule has 2 aromatic rings. The maximum absolute atomic E-state index is 12.8. The highest BCUT2D eigenvalue weighted by molar-refractivity contribution is 7.91. The Morgan fingerprint density at radius 1 is 1.14 bits per heavy atom. The van der Waals surface area contributed by atoms with E-state index in [1.165, 1.54) is 7.11 Å². The molecule has 158 valence electrons. The Bertz CT molecular complexity index is 934. The van der Waals surface area contributed by atoms with Crippen LogP contribution < -0.4 is 14.4 Å². The topological polar surface area (TPSA) is 78.9 Å². The lowest BCUT2D eigenvalue weighted by Crippen LogP contribution is -2.52. The van der Waals surface area contributed by atoms with Gasteiger partial charge in [-0.05, 0) is 37.4 Å². The summed E-state index contributed by atoms with van der Waals surface area (Å²) in [7, 11) is -2.34. The molecule has 29 heavy (non-hydrogen) atoms. The van der Waals surface area contributed by atoms with Crippen LogP contribution in [-0.4, -0.2) is 58.1 Å². The molecule has 1 aliphatic rings. The summed E-state index contributed by atoms with van der Waals surface area (Å²) < 4.78 is 33.4. The van der Waals surface area contributed by atoms with E-state index in [1.54, 1.807) is 30.2 Å². The lowest BCUT2D eigenvalue weighted by Gasteiger charge is -2.37. The van der Waals surface area contributed by atoms with Crippen molar-refractivity contribution < 1.29 is 17.9 Å². The molecule has 1 fully saturated rings. The number of anilines is 1. The molecular formula is C20H27N3O4S2. The van der Waals surface area contributed by atoms with Crippen molar-refractivity contribution in [2.75, 3.05) is 38.2 Å². The van der Waals surface area contributed by atoms with Crippen LogP contribution in [0.3, 0.4) is 0 Å². The molecule has 1 aliphatic heterocycles. The number of nitrogens with zero attached hydrogens (tertiary/aromatic N) is 2. The molecule has 9 heteroatoms. The predicted molar refractivity (Wildman–Crippen MR) is 115 cm³/mol. The third-order valence-electron chi connectivity index (χ3n) is 4.82. The number of piperazine rings is 1. The largest absolute Gasteiger partial charge is 0.494 e. The van der Waals surface area contributed by atoms with E-state index in [4.69, 9.17) is 4.74 Å². The third-order valence-corrected chi connectivity index (χ3v) is 7.96. The fourth-order valence-electron chi connectivity index (χ4n) is 3.42. The molecule has 1 N–H and O–H groups in total. The average Bonchev–Trinajstić information content (AvgIpc) is 3.17. The molecule has 3 rings (SSSR count). The predicted octanol–water partition coefficient (Wildman–Crippen LogP) is 2.55. The van der Waals surface area contributed by atoms with E-state index in [-0.39, 0.29) is 16.5 Å². The van der Waals surface area contributed by atoms with Gasteiger partial charge >= 0.3 is 0 Å². The van der Waals surface area contributed by atoms with Gasteiger partial charge in [0.1, 0.15) is 5.75 Å². The minimum atomic E-state index is -3.77. The molecule has 1 saturated heterocycles. The van der Waals surface area contributed by atoms with Gasteiger partial charge in [-0.3, -0.25) is 4.79 Å². The number of rotatable bonds is 7. The third kappa shape index (κ3) is 5.29. The fourth-order valence-corrected chi connectivity index (χ4v) is 6.11. The number of benzene rings is 1. The van der Waals surface area contributed by atoms with E-state index in [9.17, 15) is 13.2 Å². The zero-order valence-electron chi connectivity index (χ0n) is 16.9. The number of ether oxygens (including phenoxy) is 1. The van der Waals surface area contributed by atoms with Crippen LogP contribution >= 0.6 is 11.3 Å². The van der Waals surface area contributed by atoms with E-state index >= 15 is 0 Å². The highest BCUT2D eigenvalue weighted by Gasteiger charge is 2.33. The Kier molecular flexibility index (Phi) is 6.50. The van der Waals surface area contributed by atoms with Crippen LogP contribution in [0, 0.1) is 0 Å². The van der Waals surface area contributed by atoms with Crippen LogP contribution in [0.5, 0.6) is 5.75 Å². The van der Waals surface area contributed by atoms with E-state index in [0.29, 0.717) is 18.8 Å². The number of carbonyl (C=O) groups excluding carboxylic acids is 1. The van der Waals surface area contributed by atoms with Gasteiger partial charge < -0.3 is 14.5 Å². The maximum Gasteiger partial charge on any atom is 0.254 e. The maximum atomic E-state index is 12.8. The van der Waals surface area contributed by atoms with E-state index in [0.717, 1.165) is 30.1 Å². The zero-order chi connectivity index (χ0) is 21.1. The van der Waals surface area contributed by atoms with Crippen molar-refractivity contribution in [2.45, 2.75) is 30.0 Å². The molecular weight excluding hydrogens is 410 g/mol. The minimum Gasteiger partial charge on any atom is -0.494 e. The summed E-state index contributed by atoms with van der Waals surface area (Å²) in [6.07, 6.45) is 0.0885. The van der Waals surface area contributed by atoms with Crippen LogP contribution in [-0.2, 0) is 14.8 Å². The number of nitrogens with one attached hydrogen (secondary N) is 1. The second-order valence-electron chi connectivity index (χ2n) is 7.65. The summed E-state index contributed by atoms with van der Waals surface area (Å²) in [5, 5.41) is 1.66. The SMILES string of the molecule is COc1ccsc1S(=O)(=O)NC(C)(C)CC(=O)N1CCN(c2ccccc2)CC1. The van der Waals surface area contributed by atoms with Crippen molar-refractivity contribution >= 4 is 33.0 Å². The number of sulfonamides is 1. The standard InChI is InChI=1S/C20H27N3O4S2/c1-20(2,21-29(25,26)19-17(27-3)9-14-28-19)15-18(24)23-12-10-22(11-13-23)16-7-5-4-6-8-16/h4-9,14,21H,10-13,15H2,1-3H3. The van der Waals surface area contributed by atoms with E-state index in [2.05, 4.69) is 21.8 Å². The van der Waals surface area contributed by atoms with Crippen molar-refractivity contribution in [3.05, 3.63) is 41.8 Å². The van der Waals surface area contributed by atoms with Crippen molar-refractivity contribution in [1.29, 1.82) is 0 Å². The van der Waals surface area contributed by atoms with Gasteiger partial charge in [0.2, 0.25) is 5.91 Å². The first-order chi connectivity index (χ1) is 13.7. The Balaban J connectivity index is 1.58. The fraction of sp³-hybridized carbons (Fsp3) is 0.450. The number of thiophene rings is 1. The van der Waals surface area contributed by atoms with Gasteiger partial charge in [0, 0.05) is 43.8 Å². The molecule has 1 amide bonds. The smallest absolute Gasteiger partial charge is 0.254 e. The number of amides is 1. The van der Waals surface area contributed by atoms with Crippen LogP contribution in [0.4, 0.5) is 5.69 Å². The van der Waals surface area contributed by atoms with Gasteiger partial charge in [-0.2, -0.15) is 0 Å². The summed E-state index contributed by atoms with van der Waals surface area (Å²) >= 11 is 1.09. The summed E-state index contributed by atoms with van der Waals surface area (Å²) in [5.41, 5.74) is 0.235. The van der Waals surface area contributed by atoms with Crippen LogP contribution in [0.1, 0.15) is 20.3 Å². The van der Waals surface area contributed by atoms with Crippen molar-refractivity contribution in [1.82, 2.24) is 9.62 Å². The van der Waals surface area contributed by atoms with Gasteiger partial charge in [-0.15, -0.1) is 11.3 Å². The first kappa shape index (κ1) is 21.6. The molecule has 0 radical (unpaired) electrons. The molecule has 2 heterocycles. The molecule has 0 aliphatic carbocycles. The first-order valence-corrected chi connectivity index (χ1v) is 11.8. The Hall–Kier alpha value is -2.10. The average molecular weight is 438 g/mol. The van der Waals surface area contributed by atoms with Gasteiger partial charge in [0.05, 0.1) is 7.11 Å². The first-order valence-electron chi connectivity index (χ1n) is 9.45. The molecule has 0 unspecified atom stereocenters. The number of methoxy groups -OCH3 is 1. The van der Waals surface area contributed by atoms with Crippen molar-refractivity contribution in [3.8, 4) is 5.75 Å². The van der Waals surface area contributed by atoms with Crippen molar-refractivity contribution in [2.24, 2.45) is 0 Å². The molecule has 0 saturated carbocycles. The summed E-state index contributed by atoms with van der Waals surface area (Å²) in [6.45, 7) is 6.21. The Morgan fingerprint density at radius 3 is 2.41 bits per heavy atom. The minimum absolute atomic E-state index is 0.0523. The summed E-state index contributed by atoms with van der Waals surface area (Å²) in [5.74, 6) is 0.255. The highest BCUT2D eigenvalue weighted by atomic mass is 32.2. The number of para-hydroxylation sites is 1. The van der Waals surface area contributed by atoms with Gasteiger partial charge in [-0.25, -0.2) is 13.1 Å². The van der Waals surface area contributed by atoms with Crippen LogP contribution in [0.25, 0.3) is 0 Å². The lowest BCUT2D eigenvalue weighted by atomic mass is 10.0.